The summed E-state index contributed by atoms with van der Waals surface area (Å²) in [6.07, 6.45) is 0. The molecule has 0 amide bonds. The molecule has 4 nitrogen and oxygen atoms in total. The highest BCUT2D eigenvalue weighted by atomic mass is 16.5. The molecule has 4 heteroatoms. The second-order valence-corrected chi connectivity index (χ2v) is 2.60. The van der Waals surface area contributed by atoms with Crippen molar-refractivity contribution in [3.8, 4) is 12.1 Å². The maximum Gasteiger partial charge on any atom is 0.308 e. The van der Waals surface area contributed by atoms with Gasteiger partial charge in [-0.15, -0.1) is 0 Å². The summed E-state index contributed by atoms with van der Waals surface area (Å²) in [6.45, 7) is 3.25. The number of carbonyl (C=O) groups is 1. The summed E-state index contributed by atoms with van der Waals surface area (Å²) in [7, 11) is 0. The van der Waals surface area contributed by atoms with E-state index in [1.54, 1.807) is 26.0 Å². The Morgan fingerprint density at radius 2 is 1.92 bits per heavy atom. The first-order valence-corrected chi connectivity index (χ1v) is 3.57. The number of ether oxygens (including phenoxy) is 1. The van der Waals surface area contributed by atoms with E-state index in [9.17, 15) is 4.79 Å². The van der Waals surface area contributed by atoms with E-state index in [1.807, 2.05) is 0 Å². The lowest BCUT2D eigenvalue weighted by Gasteiger charge is -2.05. The third kappa shape index (κ3) is 3.58. The molecule has 0 atom stereocenters. The molecule has 0 rings (SSSR count). The number of nitriles is 2. The van der Waals surface area contributed by atoms with Crippen molar-refractivity contribution >= 4 is 5.97 Å². The zero-order valence-electron chi connectivity index (χ0n) is 7.07. The minimum atomic E-state index is -0.854. The van der Waals surface area contributed by atoms with Crippen LogP contribution in [0, 0.1) is 34.5 Å². The second-order valence-electron chi connectivity index (χ2n) is 2.60. The Kier molecular flexibility index (Phi) is 4.48. The predicted molar refractivity (Wildman–Crippen MR) is 40.5 cm³/mol. The second kappa shape index (κ2) is 5.15. The zero-order chi connectivity index (χ0) is 9.56. The SMILES string of the molecule is CC(C)C(=O)OCC(C#N)C#N. The molecular formula is C8H10N2O2. The van der Waals surface area contributed by atoms with Gasteiger partial charge < -0.3 is 4.74 Å². The molecular weight excluding hydrogens is 156 g/mol. The molecule has 0 aliphatic carbocycles. The van der Waals surface area contributed by atoms with Gasteiger partial charge in [0.1, 0.15) is 6.61 Å². The maximum atomic E-state index is 10.8. The van der Waals surface area contributed by atoms with Crippen LogP contribution in [0.25, 0.3) is 0 Å². The Labute approximate surface area is 71.4 Å². The lowest BCUT2D eigenvalue weighted by molar-refractivity contribution is -0.147. The summed E-state index contributed by atoms with van der Waals surface area (Å²) < 4.78 is 4.66. The smallest absolute Gasteiger partial charge is 0.308 e. The van der Waals surface area contributed by atoms with E-state index in [2.05, 4.69) is 4.74 Å². The Bertz CT molecular complexity index is 220. The van der Waals surface area contributed by atoms with Crippen molar-refractivity contribution in [1.29, 1.82) is 10.5 Å². The van der Waals surface area contributed by atoms with E-state index < -0.39 is 5.92 Å². The summed E-state index contributed by atoms with van der Waals surface area (Å²) in [6, 6.07) is 3.42. The summed E-state index contributed by atoms with van der Waals surface area (Å²) >= 11 is 0. The monoisotopic (exact) mass is 166 g/mol. The van der Waals surface area contributed by atoms with Gasteiger partial charge in [0.2, 0.25) is 0 Å². The molecule has 0 radical (unpaired) electrons. The van der Waals surface area contributed by atoms with Gasteiger partial charge in [-0.05, 0) is 0 Å². The van der Waals surface area contributed by atoms with Gasteiger partial charge in [-0.25, -0.2) is 0 Å². The maximum absolute atomic E-state index is 10.8. The molecule has 0 saturated heterocycles. The molecule has 0 unspecified atom stereocenters. The van der Waals surface area contributed by atoms with Crippen LogP contribution in [0.3, 0.4) is 0 Å². The minimum absolute atomic E-state index is 0.135. The average molecular weight is 166 g/mol. The highest BCUT2D eigenvalue weighted by Crippen LogP contribution is 1.99. The third-order valence-electron chi connectivity index (χ3n) is 1.18. The normalized spacial score (nSPS) is 9.17. The van der Waals surface area contributed by atoms with Gasteiger partial charge in [0.05, 0.1) is 18.1 Å². The number of hydrogen-bond acceptors (Lipinski definition) is 4. The Balaban J connectivity index is 3.78. The number of carbonyl (C=O) groups excluding carboxylic acids is 1. The molecule has 64 valence electrons. The van der Waals surface area contributed by atoms with Crippen molar-refractivity contribution in [3.05, 3.63) is 0 Å². The van der Waals surface area contributed by atoms with Gasteiger partial charge in [-0.2, -0.15) is 10.5 Å². The van der Waals surface area contributed by atoms with Crippen LogP contribution in [0.4, 0.5) is 0 Å². The molecule has 0 heterocycles. The molecule has 0 aromatic rings. The van der Waals surface area contributed by atoms with Crippen molar-refractivity contribution < 1.29 is 9.53 Å². The van der Waals surface area contributed by atoms with Crippen molar-refractivity contribution in [2.24, 2.45) is 11.8 Å². The van der Waals surface area contributed by atoms with Crippen LogP contribution < -0.4 is 0 Å². The van der Waals surface area contributed by atoms with Gasteiger partial charge in [0.15, 0.2) is 5.92 Å². The molecule has 0 spiro atoms. The lowest BCUT2D eigenvalue weighted by Crippen LogP contribution is -2.16. The van der Waals surface area contributed by atoms with Gasteiger partial charge in [0, 0.05) is 0 Å². The zero-order valence-corrected chi connectivity index (χ0v) is 7.07. The van der Waals surface area contributed by atoms with Crippen LogP contribution in [0.2, 0.25) is 0 Å². The highest BCUT2D eigenvalue weighted by Gasteiger charge is 2.12. The average Bonchev–Trinajstić information content (AvgIpc) is 2.05. The van der Waals surface area contributed by atoms with Crippen molar-refractivity contribution in [2.45, 2.75) is 13.8 Å². The minimum Gasteiger partial charge on any atom is -0.463 e. The first-order chi connectivity index (χ1) is 5.61. The van der Waals surface area contributed by atoms with E-state index in [0.717, 1.165) is 0 Å². The molecule has 0 N–H and O–H groups in total. The Morgan fingerprint density at radius 1 is 1.42 bits per heavy atom. The van der Waals surface area contributed by atoms with Gasteiger partial charge >= 0.3 is 5.97 Å². The molecule has 0 aliphatic rings. The van der Waals surface area contributed by atoms with Crippen molar-refractivity contribution in [1.82, 2.24) is 0 Å². The summed E-state index contributed by atoms with van der Waals surface area (Å²) in [5, 5.41) is 16.6. The van der Waals surface area contributed by atoms with Crippen LogP contribution in [-0.4, -0.2) is 12.6 Å². The molecule has 0 aromatic carbocycles. The standard InChI is InChI=1S/C8H10N2O2/c1-6(2)8(11)12-5-7(3-9)4-10/h6-7H,5H2,1-2H3. The fourth-order valence-electron chi connectivity index (χ4n) is 0.436. The summed E-state index contributed by atoms with van der Waals surface area (Å²) in [5.41, 5.74) is 0. The van der Waals surface area contributed by atoms with E-state index in [1.165, 1.54) is 0 Å². The Hall–Kier alpha value is -1.55. The first-order valence-electron chi connectivity index (χ1n) is 3.57. The Morgan fingerprint density at radius 3 is 2.25 bits per heavy atom. The van der Waals surface area contributed by atoms with Gasteiger partial charge in [-0.3, -0.25) is 4.79 Å². The van der Waals surface area contributed by atoms with Crippen LogP contribution in [0.5, 0.6) is 0 Å². The lowest BCUT2D eigenvalue weighted by atomic mass is 10.2. The molecule has 0 fully saturated rings. The van der Waals surface area contributed by atoms with E-state index in [-0.39, 0.29) is 18.5 Å². The molecule has 0 bridgehead atoms. The quantitative estimate of drug-likeness (QED) is 0.582. The number of nitrogens with zero attached hydrogens (tertiary/aromatic N) is 2. The molecule has 0 aliphatic heterocycles. The predicted octanol–water partition coefficient (Wildman–Crippen LogP) is 0.849. The fourth-order valence-corrected chi connectivity index (χ4v) is 0.436. The van der Waals surface area contributed by atoms with Crippen molar-refractivity contribution in [3.63, 3.8) is 0 Å². The number of rotatable bonds is 3. The summed E-state index contributed by atoms with van der Waals surface area (Å²) in [4.78, 5) is 10.8. The topological polar surface area (TPSA) is 73.9 Å². The third-order valence-corrected chi connectivity index (χ3v) is 1.18. The number of esters is 1. The van der Waals surface area contributed by atoms with Crippen LogP contribution in [-0.2, 0) is 9.53 Å². The van der Waals surface area contributed by atoms with Crippen molar-refractivity contribution in [2.75, 3.05) is 6.61 Å². The molecule has 0 saturated carbocycles. The van der Waals surface area contributed by atoms with Crippen LogP contribution in [0.15, 0.2) is 0 Å². The van der Waals surface area contributed by atoms with Crippen LogP contribution in [0.1, 0.15) is 13.8 Å². The highest BCUT2D eigenvalue weighted by molar-refractivity contribution is 5.71. The van der Waals surface area contributed by atoms with E-state index in [0.29, 0.717) is 0 Å². The van der Waals surface area contributed by atoms with E-state index >= 15 is 0 Å². The largest absolute Gasteiger partial charge is 0.463 e. The first kappa shape index (κ1) is 10.4. The van der Waals surface area contributed by atoms with Gasteiger partial charge in [0.25, 0.3) is 0 Å². The van der Waals surface area contributed by atoms with E-state index in [4.69, 9.17) is 10.5 Å². The number of hydrogen-bond donors (Lipinski definition) is 0. The van der Waals surface area contributed by atoms with Crippen LogP contribution >= 0.6 is 0 Å². The van der Waals surface area contributed by atoms with Gasteiger partial charge in [-0.1, -0.05) is 13.8 Å². The summed E-state index contributed by atoms with van der Waals surface area (Å²) in [5.74, 6) is -1.46. The fraction of sp³-hybridized carbons (Fsp3) is 0.625. The molecule has 12 heavy (non-hydrogen) atoms. The molecule has 0 aromatic heterocycles.